The van der Waals surface area contributed by atoms with Crippen molar-refractivity contribution in [3.8, 4) is 0 Å². The molecule has 5 nitrogen and oxygen atoms in total. The Morgan fingerprint density at radius 3 is 2.58 bits per heavy atom. The number of nitrogens with one attached hydrogen (secondary N) is 1. The van der Waals surface area contributed by atoms with Crippen LogP contribution in [0.15, 0.2) is 64.5 Å². The summed E-state index contributed by atoms with van der Waals surface area (Å²) < 4.78 is 1.61. The molecule has 6 heteroatoms. The Labute approximate surface area is 156 Å². The standard InChI is InChI=1S/C20H21N3O2S/c1-3-23-19(25)16-11-7-8-12-17(16)22-20(23)26-13-18(24)21-14(2)15-9-5-4-6-10-15/h4-12,14H,3,13H2,1-2H3,(H,21,24)/t14-/m1/s1. The van der Waals surface area contributed by atoms with Crippen LogP contribution in [0.25, 0.3) is 10.9 Å². The van der Waals surface area contributed by atoms with Crippen molar-refractivity contribution in [1.82, 2.24) is 14.9 Å². The van der Waals surface area contributed by atoms with Crippen LogP contribution in [0.1, 0.15) is 25.5 Å². The second-order valence-electron chi connectivity index (χ2n) is 5.95. The minimum Gasteiger partial charge on any atom is -0.349 e. The van der Waals surface area contributed by atoms with E-state index in [4.69, 9.17) is 0 Å². The highest BCUT2D eigenvalue weighted by molar-refractivity contribution is 7.99. The summed E-state index contributed by atoms with van der Waals surface area (Å²) in [6.07, 6.45) is 0. The number of hydrogen-bond acceptors (Lipinski definition) is 4. The fraction of sp³-hybridized carbons (Fsp3) is 0.250. The Kier molecular flexibility index (Phi) is 5.73. The number of carbonyl (C=O) groups excluding carboxylic acids is 1. The summed E-state index contributed by atoms with van der Waals surface area (Å²) in [4.78, 5) is 29.5. The number of hydrogen-bond donors (Lipinski definition) is 1. The zero-order valence-electron chi connectivity index (χ0n) is 14.8. The first-order valence-electron chi connectivity index (χ1n) is 8.57. The molecular formula is C20H21N3O2S. The van der Waals surface area contributed by atoms with E-state index in [1.54, 1.807) is 10.6 Å². The third kappa shape index (κ3) is 3.96. The van der Waals surface area contributed by atoms with Gasteiger partial charge in [-0.1, -0.05) is 54.2 Å². The first-order valence-corrected chi connectivity index (χ1v) is 9.55. The van der Waals surface area contributed by atoms with Gasteiger partial charge in [0.1, 0.15) is 0 Å². The molecule has 0 spiro atoms. The predicted octanol–water partition coefficient (Wildman–Crippen LogP) is 3.39. The van der Waals surface area contributed by atoms with E-state index >= 15 is 0 Å². The zero-order valence-corrected chi connectivity index (χ0v) is 15.6. The lowest BCUT2D eigenvalue weighted by molar-refractivity contribution is -0.119. The highest BCUT2D eigenvalue weighted by atomic mass is 32.2. The molecule has 0 saturated carbocycles. The molecule has 134 valence electrons. The summed E-state index contributed by atoms with van der Waals surface area (Å²) in [5.41, 5.74) is 1.64. The van der Waals surface area contributed by atoms with Crippen molar-refractivity contribution in [3.63, 3.8) is 0 Å². The van der Waals surface area contributed by atoms with Crippen molar-refractivity contribution in [2.24, 2.45) is 0 Å². The minimum absolute atomic E-state index is 0.0674. The Hall–Kier alpha value is -2.60. The maximum absolute atomic E-state index is 12.6. The molecule has 0 aliphatic carbocycles. The average Bonchev–Trinajstić information content (AvgIpc) is 2.67. The van der Waals surface area contributed by atoms with Crippen molar-refractivity contribution in [1.29, 1.82) is 0 Å². The maximum Gasteiger partial charge on any atom is 0.262 e. The number of amides is 1. The number of rotatable bonds is 6. The van der Waals surface area contributed by atoms with Gasteiger partial charge in [-0.05, 0) is 31.5 Å². The average molecular weight is 367 g/mol. The Balaban J connectivity index is 1.73. The summed E-state index contributed by atoms with van der Waals surface area (Å²) >= 11 is 1.29. The number of benzene rings is 2. The number of carbonyl (C=O) groups is 1. The van der Waals surface area contributed by atoms with Crippen molar-refractivity contribution in [2.75, 3.05) is 5.75 Å². The highest BCUT2D eigenvalue weighted by Crippen LogP contribution is 2.18. The van der Waals surface area contributed by atoms with Crippen LogP contribution < -0.4 is 10.9 Å². The molecule has 1 amide bonds. The number of aromatic nitrogens is 2. The molecule has 0 saturated heterocycles. The van der Waals surface area contributed by atoms with E-state index in [1.165, 1.54) is 11.8 Å². The number of nitrogens with zero attached hydrogens (tertiary/aromatic N) is 2. The molecule has 0 aliphatic rings. The molecule has 2 aromatic carbocycles. The number of thioether (sulfide) groups is 1. The van der Waals surface area contributed by atoms with Gasteiger partial charge in [-0.25, -0.2) is 4.98 Å². The largest absolute Gasteiger partial charge is 0.349 e. The van der Waals surface area contributed by atoms with E-state index in [0.29, 0.717) is 22.6 Å². The van der Waals surface area contributed by atoms with Crippen molar-refractivity contribution >= 4 is 28.6 Å². The molecule has 0 fully saturated rings. The third-order valence-corrected chi connectivity index (χ3v) is 5.13. The van der Waals surface area contributed by atoms with Gasteiger partial charge in [-0.2, -0.15) is 0 Å². The van der Waals surface area contributed by atoms with Gasteiger partial charge in [-0.15, -0.1) is 0 Å². The number of para-hydroxylation sites is 1. The van der Waals surface area contributed by atoms with Gasteiger partial charge in [-0.3, -0.25) is 14.2 Å². The van der Waals surface area contributed by atoms with Gasteiger partial charge in [0.2, 0.25) is 5.91 Å². The van der Waals surface area contributed by atoms with Crippen LogP contribution in [-0.4, -0.2) is 21.2 Å². The molecule has 3 rings (SSSR count). The van der Waals surface area contributed by atoms with E-state index in [0.717, 1.165) is 5.56 Å². The maximum atomic E-state index is 12.6. The molecular weight excluding hydrogens is 346 g/mol. The van der Waals surface area contributed by atoms with Crippen molar-refractivity contribution in [3.05, 3.63) is 70.5 Å². The van der Waals surface area contributed by atoms with Crippen LogP contribution in [0.2, 0.25) is 0 Å². The molecule has 0 aliphatic heterocycles. The second-order valence-corrected chi connectivity index (χ2v) is 6.89. The Morgan fingerprint density at radius 1 is 1.15 bits per heavy atom. The molecule has 26 heavy (non-hydrogen) atoms. The van der Waals surface area contributed by atoms with E-state index < -0.39 is 0 Å². The van der Waals surface area contributed by atoms with Crippen molar-refractivity contribution < 1.29 is 4.79 Å². The van der Waals surface area contributed by atoms with Crippen LogP contribution in [0.3, 0.4) is 0 Å². The third-order valence-electron chi connectivity index (χ3n) is 4.15. The molecule has 3 aromatic rings. The number of fused-ring (bicyclic) bond motifs is 1. The van der Waals surface area contributed by atoms with Crippen molar-refractivity contribution in [2.45, 2.75) is 31.6 Å². The summed E-state index contributed by atoms with van der Waals surface area (Å²) in [6.45, 7) is 4.37. The van der Waals surface area contributed by atoms with Gasteiger partial charge in [0.05, 0.1) is 22.7 Å². The van der Waals surface area contributed by atoms with Gasteiger partial charge in [0.25, 0.3) is 5.56 Å². The van der Waals surface area contributed by atoms with E-state index in [1.807, 2.05) is 62.4 Å². The zero-order chi connectivity index (χ0) is 18.5. The first kappa shape index (κ1) is 18.2. The van der Waals surface area contributed by atoms with Crippen LogP contribution in [0.5, 0.6) is 0 Å². The van der Waals surface area contributed by atoms with Gasteiger partial charge >= 0.3 is 0 Å². The molecule has 0 radical (unpaired) electrons. The Morgan fingerprint density at radius 2 is 1.85 bits per heavy atom. The van der Waals surface area contributed by atoms with Crippen LogP contribution in [0, 0.1) is 0 Å². The molecule has 1 heterocycles. The molecule has 1 aromatic heterocycles. The monoisotopic (exact) mass is 367 g/mol. The van der Waals surface area contributed by atoms with E-state index in [2.05, 4.69) is 10.3 Å². The molecule has 1 atom stereocenters. The minimum atomic E-state index is -0.0867. The fourth-order valence-electron chi connectivity index (χ4n) is 2.77. The molecule has 0 unspecified atom stereocenters. The summed E-state index contributed by atoms with van der Waals surface area (Å²) in [7, 11) is 0. The van der Waals surface area contributed by atoms with Gasteiger partial charge < -0.3 is 5.32 Å². The fourth-order valence-corrected chi connectivity index (χ4v) is 3.65. The van der Waals surface area contributed by atoms with Gasteiger partial charge in [0.15, 0.2) is 5.16 Å². The molecule has 1 N–H and O–H groups in total. The van der Waals surface area contributed by atoms with Crippen LogP contribution >= 0.6 is 11.8 Å². The lowest BCUT2D eigenvalue weighted by atomic mass is 10.1. The smallest absolute Gasteiger partial charge is 0.262 e. The lowest BCUT2D eigenvalue weighted by Gasteiger charge is -2.15. The lowest BCUT2D eigenvalue weighted by Crippen LogP contribution is -2.29. The highest BCUT2D eigenvalue weighted by Gasteiger charge is 2.14. The van der Waals surface area contributed by atoms with E-state index in [-0.39, 0.29) is 23.3 Å². The van der Waals surface area contributed by atoms with Crippen LogP contribution in [0.4, 0.5) is 0 Å². The quantitative estimate of drug-likeness (QED) is 0.536. The van der Waals surface area contributed by atoms with E-state index in [9.17, 15) is 9.59 Å². The normalized spacial score (nSPS) is 12.1. The van der Waals surface area contributed by atoms with Crippen LogP contribution in [-0.2, 0) is 11.3 Å². The SMILES string of the molecule is CCn1c(SCC(=O)N[C@H](C)c2ccccc2)nc2ccccc2c1=O. The topological polar surface area (TPSA) is 64.0 Å². The second kappa shape index (κ2) is 8.19. The first-order chi connectivity index (χ1) is 12.6. The van der Waals surface area contributed by atoms with Gasteiger partial charge in [0, 0.05) is 6.54 Å². The summed E-state index contributed by atoms with van der Waals surface area (Å²) in [6, 6.07) is 17.0. The predicted molar refractivity (Wildman–Crippen MR) is 105 cm³/mol. The summed E-state index contributed by atoms with van der Waals surface area (Å²) in [5.74, 6) is 0.124. The molecule has 0 bridgehead atoms. The summed E-state index contributed by atoms with van der Waals surface area (Å²) in [5, 5.41) is 4.15. The Bertz CT molecular complexity index is 970.